The summed E-state index contributed by atoms with van der Waals surface area (Å²) in [6.45, 7) is 6.58. The van der Waals surface area contributed by atoms with E-state index in [-0.39, 0.29) is 10.8 Å². The summed E-state index contributed by atoms with van der Waals surface area (Å²) < 4.78 is 5.42. The van der Waals surface area contributed by atoms with Gasteiger partial charge in [-0.1, -0.05) is 13.8 Å². The van der Waals surface area contributed by atoms with Gasteiger partial charge in [0.1, 0.15) is 0 Å². The van der Waals surface area contributed by atoms with Gasteiger partial charge in [-0.25, -0.2) is 0 Å². The summed E-state index contributed by atoms with van der Waals surface area (Å²) in [5.41, 5.74) is 5.58. The number of ether oxygens (including phenoxy) is 1. The van der Waals surface area contributed by atoms with Crippen LogP contribution in [0.2, 0.25) is 0 Å². The molecule has 1 aliphatic heterocycles. The molecule has 0 radical (unpaired) electrons. The molecule has 1 saturated heterocycles. The fourth-order valence-electron chi connectivity index (χ4n) is 3.59. The lowest BCUT2D eigenvalue weighted by Gasteiger charge is -2.48. The third-order valence-corrected chi connectivity index (χ3v) is 4.81. The second-order valence-corrected chi connectivity index (χ2v) is 6.47. The molecule has 3 nitrogen and oxygen atoms in total. The van der Waals surface area contributed by atoms with Crippen molar-refractivity contribution in [2.75, 3.05) is 19.8 Å². The van der Waals surface area contributed by atoms with Gasteiger partial charge in [0.2, 0.25) is 0 Å². The summed E-state index contributed by atoms with van der Waals surface area (Å²) >= 11 is 0. The first-order chi connectivity index (χ1) is 7.43. The Bertz CT molecular complexity index is 259. The summed E-state index contributed by atoms with van der Waals surface area (Å²) in [6, 6.07) is 0. The molecule has 1 heterocycles. The van der Waals surface area contributed by atoms with Crippen LogP contribution in [-0.4, -0.2) is 30.5 Å². The van der Waals surface area contributed by atoms with Gasteiger partial charge in [0.15, 0.2) is 0 Å². The Balaban J connectivity index is 2.20. The molecule has 0 aromatic rings. The van der Waals surface area contributed by atoms with E-state index in [0.717, 1.165) is 45.3 Å². The normalized spacial score (nSPS) is 37.5. The molecule has 3 N–H and O–H groups in total. The topological polar surface area (TPSA) is 55.5 Å². The first-order valence-corrected chi connectivity index (χ1v) is 6.43. The first kappa shape index (κ1) is 12.3. The summed E-state index contributed by atoms with van der Waals surface area (Å²) in [4.78, 5) is 0. The fraction of sp³-hybridized carbons (Fsp3) is 1.00. The lowest BCUT2D eigenvalue weighted by Crippen LogP contribution is -2.54. The van der Waals surface area contributed by atoms with Crippen LogP contribution in [0.3, 0.4) is 0 Å². The van der Waals surface area contributed by atoms with Crippen LogP contribution in [0.5, 0.6) is 0 Å². The van der Waals surface area contributed by atoms with Crippen molar-refractivity contribution in [3.8, 4) is 0 Å². The van der Waals surface area contributed by atoms with Crippen LogP contribution in [0.25, 0.3) is 0 Å². The van der Waals surface area contributed by atoms with Crippen LogP contribution in [0.1, 0.15) is 46.0 Å². The van der Waals surface area contributed by atoms with Crippen LogP contribution in [0.15, 0.2) is 0 Å². The van der Waals surface area contributed by atoms with E-state index in [0.29, 0.717) is 6.54 Å². The molecule has 1 atom stereocenters. The van der Waals surface area contributed by atoms with E-state index in [1.54, 1.807) is 0 Å². The largest absolute Gasteiger partial charge is 0.389 e. The summed E-state index contributed by atoms with van der Waals surface area (Å²) in [5.74, 6) is 0. The standard InChI is InChI=1S/C13H25NO2/c1-11(2)3-4-13(15,9-11)12(10-14)5-7-16-8-6-12/h15H,3-10,14H2,1-2H3. The smallest absolute Gasteiger partial charge is 0.0722 e. The second-order valence-electron chi connectivity index (χ2n) is 6.47. The summed E-state index contributed by atoms with van der Waals surface area (Å²) in [5, 5.41) is 11.0. The molecule has 16 heavy (non-hydrogen) atoms. The quantitative estimate of drug-likeness (QED) is 0.754. The maximum absolute atomic E-state index is 11.0. The molecule has 1 aliphatic carbocycles. The number of rotatable bonds is 2. The zero-order valence-corrected chi connectivity index (χ0v) is 10.6. The van der Waals surface area contributed by atoms with Crippen LogP contribution in [0.4, 0.5) is 0 Å². The highest BCUT2D eigenvalue weighted by Gasteiger charge is 2.55. The van der Waals surface area contributed by atoms with Crippen molar-refractivity contribution in [3.05, 3.63) is 0 Å². The summed E-state index contributed by atoms with van der Waals surface area (Å²) in [7, 11) is 0. The maximum atomic E-state index is 11.0. The van der Waals surface area contributed by atoms with Crippen molar-refractivity contribution >= 4 is 0 Å². The van der Waals surface area contributed by atoms with Gasteiger partial charge >= 0.3 is 0 Å². The van der Waals surface area contributed by atoms with E-state index in [2.05, 4.69) is 13.8 Å². The van der Waals surface area contributed by atoms with E-state index in [1.807, 2.05) is 0 Å². The predicted molar refractivity (Wildman–Crippen MR) is 64.1 cm³/mol. The van der Waals surface area contributed by atoms with E-state index in [9.17, 15) is 5.11 Å². The molecule has 1 saturated carbocycles. The number of aliphatic hydroxyl groups is 1. The second kappa shape index (κ2) is 3.97. The van der Waals surface area contributed by atoms with Gasteiger partial charge in [0, 0.05) is 25.2 Å². The van der Waals surface area contributed by atoms with Crippen molar-refractivity contribution in [2.24, 2.45) is 16.6 Å². The van der Waals surface area contributed by atoms with Crippen LogP contribution in [-0.2, 0) is 4.74 Å². The fourth-order valence-corrected chi connectivity index (χ4v) is 3.59. The number of nitrogens with two attached hydrogens (primary N) is 1. The van der Waals surface area contributed by atoms with Crippen molar-refractivity contribution in [1.29, 1.82) is 0 Å². The zero-order valence-electron chi connectivity index (χ0n) is 10.6. The van der Waals surface area contributed by atoms with Gasteiger partial charge in [0.05, 0.1) is 5.60 Å². The third-order valence-electron chi connectivity index (χ3n) is 4.81. The Hall–Kier alpha value is -0.120. The first-order valence-electron chi connectivity index (χ1n) is 6.43. The lowest BCUT2D eigenvalue weighted by atomic mass is 9.65. The molecule has 2 aliphatic rings. The molecular weight excluding hydrogens is 202 g/mol. The van der Waals surface area contributed by atoms with E-state index < -0.39 is 5.60 Å². The van der Waals surface area contributed by atoms with Gasteiger partial charge in [0.25, 0.3) is 0 Å². The Kier molecular flexibility index (Phi) is 3.06. The molecule has 1 unspecified atom stereocenters. The number of hydrogen-bond donors (Lipinski definition) is 2. The molecule has 3 heteroatoms. The Morgan fingerprint density at radius 2 is 1.75 bits per heavy atom. The Morgan fingerprint density at radius 3 is 2.19 bits per heavy atom. The maximum Gasteiger partial charge on any atom is 0.0722 e. The van der Waals surface area contributed by atoms with E-state index >= 15 is 0 Å². The average Bonchev–Trinajstić information content (AvgIpc) is 2.55. The van der Waals surface area contributed by atoms with Gasteiger partial charge < -0.3 is 15.6 Å². The SMILES string of the molecule is CC1(C)CCC(O)(C2(CN)CCOCC2)C1. The molecule has 0 spiro atoms. The van der Waals surface area contributed by atoms with Crippen molar-refractivity contribution in [2.45, 2.75) is 51.6 Å². The highest BCUT2D eigenvalue weighted by atomic mass is 16.5. The Labute approximate surface area is 98.4 Å². The molecule has 94 valence electrons. The van der Waals surface area contributed by atoms with Gasteiger partial charge in [-0.3, -0.25) is 0 Å². The minimum absolute atomic E-state index is 0.0982. The average molecular weight is 227 g/mol. The molecular formula is C13H25NO2. The van der Waals surface area contributed by atoms with E-state index in [1.165, 1.54) is 0 Å². The number of hydrogen-bond acceptors (Lipinski definition) is 3. The third kappa shape index (κ3) is 1.89. The van der Waals surface area contributed by atoms with Crippen molar-refractivity contribution < 1.29 is 9.84 Å². The van der Waals surface area contributed by atoms with Crippen LogP contribution < -0.4 is 5.73 Å². The molecule has 0 bridgehead atoms. The van der Waals surface area contributed by atoms with Crippen LogP contribution in [0, 0.1) is 10.8 Å². The van der Waals surface area contributed by atoms with Crippen molar-refractivity contribution in [3.63, 3.8) is 0 Å². The minimum Gasteiger partial charge on any atom is -0.389 e. The highest BCUT2D eigenvalue weighted by Crippen LogP contribution is 2.54. The Morgan fingerprint density at radius 1 is 1.12 bits per heavy atom. The lowest BCUT2D eigenvalue weighted by molar-refractivity contribution is -0.129. The molecule has 0 aromatic carbocycles. The molecule has 2 fully saturated rings. The highest BCUT2D eigenvalue weighted by molar-refractivity contribution is 5.07. The van der Waals surface area contributed by atoms with Gasteiger partial charge in [-0.2, -0.15) is 0 Å². The molecule has 0 aromatic heterocycles. The van der Waals surface area contributed by atoms with Gasteiger partial charge in [-0.15, -0.1) is 0 Å². The minimum atomic E-state index is -0.560. The monoisotopic (exact) mass is 227 g/mol. The van der Waals surface area contributed by atoms with Crippen molar-refractivity contribution in [1.82, 2.24) is 0 Å². The van der Waals surface area contributed by atoms with Gasteiger partial charge in [-0.05, 0) is 37.5 Å². The predicted octanol–water partition coefficient (Wildman–Crippen LogP) is 1.68. The van der Waals surface area contributed by atoms with Crippen LogP contribution >= 0.6 is 0 Å². The summed E-state index contributed by atoms with van der Waals surface area (Å²) in [6.07, 6.45) is 4.71. The molecule has 0 amide bonds. The molecule has 2 rings (SSSR count). The van der Waals surface area contributed by atoms with E-state index in [4.69, 9.17) is 10.5 Å². The zero-order chi connectivity index (χ0) is 11.9.